The molecule has 66 heavy (non-hydrogen) atoms. The summed E-state index contributed by atoms with van der Waals surface area (Å²) in [5.74, 6) is 0.602. The highest BCUT2D eigenvalue weighted by molar-refractivity contribution is 6.38. The van der Waals surface area contributed by atoms with Crippen LogP contribution in [-0.4, -0.2) is 35.0 Å². The molecule has 0 aliphatic heterocycles. The first kappa shape index (κ1) is 50.0. The molecule has 0 saturated heterocycles. The number of nitrogens with two attached hydrogens (primary N) is 4. The molecule has 0 spiro atoms. The lowest BCUT2D eigenvalue weighted by Gasteiger charge is -2.09. The molecule has 10 N–H and O–H groups in total. The molecule has 2 aromatic heterocycles. The molecule has 12 nitrogen and oxygen atoms in total. The normalized spacial score (nSPS) is 10.3. The summed E-state index contributed by atoms with van der Waals surface area (Å²) in [6.07, 6.45) is 5.38. The molecule has 8 aromatic rings. The van der Waals surface area contributed by atoms with Crippen LogP contribution < -0.4 is 43.0 Å². The molecule has 6 aromatic carbocycles. The number of ether oxygens (including phenoxy) is 2. The zero-order valence-electron chi connectivity index (χ0n) is 36.0. The first-order valence-electron chi connectivity index (χ1n) is 20.5. The average Bonchev–Trinajstić information content (AvgIpc) is 3.30. The first-order chi connectivity index (χ1) is 31.8. The summed E-state index contributed by atoms with van der Waals surface area (Å²) in [5.41, 5.74) is 27.8. The molecule has 0 bridgehead atoms. The van der Waals surface area contributed by atoms with E-state index in [1.807, 2.05) is 61.5 Å². The highest BCUT2D eigenvalue weighted by Gasteiger charge is 2.12. The molecule has 0 unspecified atom stereocenters. The number of benzene rings is 6. The number of amides is 2. The van der Waals surface area contributed by atoms with Crippen molar-refractivity contribution in [1.82, 2.24) is 9.97 Å². The quantitative estimate of drug-likeness (QED) is 0.0565. The fraction of sp³-hybridized carbons (Fsp3) is 0.120. The molecule has 16 heteroatoms. The maximum atomic E-state index is 12.3. The predicted molar refractivity (Wildman–Crippen MR) is 274 cm³/mol. The van der Waals surface area contributed by atoms with Crippen LogP contribution >= 0.6 is 46.4 Å². The third kappa shape index (κ3) is 14.8. The van der Waals surface area contributed by atoms with Crippen LogP contribution in [0.5, 0.6) is 11.5 Å². The van der Waals surface area contributed by atoms with Gasteiger partial charge in [-0.25, -0.2) is 4.98 Å². The van der Waals surface area contributed by atoms with Gasteiger partial charge in [0.2, 0.25) is 0 Å². The van der Waals surface area contributed by atoms with E-state index in [0.29, 0.717) is 90.2 Å². The van der Waals surface area contributed by atoms with Crippen molar-refractivity contribution in [2.45, 2.75) is 26.7 Å². The van der Waals surface area contributed by atoms with Gasteiger partial charge in [0, 0.05) is 57.3 Å². The first-order valence-corrected chi connectivity index (χ1v) is 22.0. The van der Waals surface area contributed by atoms with Crippen molar-refractivity contribution in [1.29, 1.82) is 0 Å². The van der Waals surface area contributed by atoms with E-state index in [-0.39, 0.29) is 11.8 Å². The molecule has 0 saturated carbocycles. The molecule has 8 rings (SSSR count). The van der Waals surface area contributed by atoms with Crippen LogP contribution in [0.1, 0.15) is 47.5 Å². The maximum absolute atomic E-state index is 12.3. The third-order valence-electron chi connectivity index (χ3n) is 9.16. The molecular formula is C50H48Cl4N8O4. The number of hydrogen-bond donors (Lipinski definition) is 6. The summed E-state index contributed by atoms with van der Waals surface area (Å²) in [4.78, 5) is 32.9. The number of carbonyl (C=O) groups is 2. The lowest BCUT2D eigenvalue weighted by molar-refractivity contribution is 0.101. The molecule has 2 amide bonds. The molecule has 340 valence electrons. The molecule has 0 atom stereocenters. The van der Waals surface area contributed by atoms with Crippen LogP contribution in [0.2, 0.25) is 20.1 Å². The number of nitrogens with one attached hydrogen (secondary N) is 2. The number of hydrogen-bond acceptors (Lipinski definition) is 10. The van der Waals surface area contributed by atoms with E-state index >= 15 is 0 Å². The zero-order chi connectivity index (χ0) is 47.6. The van der Waals surface area contributed by atoms with Crippen molar-refractivity contribution in [3.8, 4) is 11.5 Å². The number of aromatic nitrogens is 2. The van der Waals surface area contributed by atoms with Gasteiger partial charge in [0.25, 0.3) is 11.8 Å². The summed E-state index contributed by atoms with van der Waals surface area (Å²) in [6.45, 7) is 5.11. The smallest absolute Gasteiger partial charge is 0.274 e. The third-order valence-corrected chi connectivity index (χ3v) is 10.3. The number of pyridine rings is 2. The van der Waals surface area contributed by atoms with Gasteiger partial charge in [-0.1, -0.05) is 108 Å². The molecule has 2 heterocycles. The van der Waals surface area contributed by atoms with Gasteiger partial charge in [-0.2, -0.15) is 0 Å². The minimum absolute atomic E-state index is 0.181. The van der Waals surface area contributed by atoms with Gasteiger partial charge in [-0.3, -0.25) is 14.6 Å². The zero-order valence-corrected chi connectivity index (χ0v) is 39.1. The number of nitrogens with zero attached hydrogens (tertiary/aromatic N) is 2. The molecule has 0 aliphatic rings. The number of rotatable bonds is 10. The van der Waals surface area contributed by atoms with Gasteiger partial charge in [0.15, 0.2) is 11.5 Å². The number of unbranched alkanes of at least 4 members (excludes halogenated alkanes) is 1. The van der Waals surface area contributed by atoms with Gasteiger partial charge < -0.3 is 43.0 Å². The Morgan fingerprint density at radius 2 is 1.06 bits per heavy atom. The number of carbonyl (C=O) groups excluding carboxylic acids is 2. The molecular weight excluding hydrogens is 918 g/mol. The van der Waals surface area contributed by atoms with E-state index in [2.05, 4.69) is 27.5 Å². The number of para-hydroxylation sites is 1. The Balaban J connectivity index is 0.000000169. The summed E-state index contributed by atoms with van der Waals surface area (Å²) in [6, 6.07) is 39.5. The summed E-state index contributed by atoms with van der Waals surface area (Å²) in [5, 5.41) is 10.3. The Morgan fingerprint density at radius 1 is 0.561 bits per heavy atom. The fourth-order valence-electron chi connectivity index (χ4n) is 5.91. The minimum atomic E-state index is -0.236. The predicted octanol–water partition coefficient (Wildman–Crippen LogP) is 12.9. The lowest BCUT2D eigenvalue weighted by atomic mass is 10.1. The Labute approximate surface area is 403 Å². The Kier molecular flexibility index (Phi) is 18.9. The van der Waals surface area contributed by atoms with Gasteiger partial charge >= 0.3 is 0 Å². The number of nitrogen functional groups attached to an aromatic ring is 4. The topological polar surface area (TPSA) is 207 Å². The largest absolute Gasteiger partial charge is 0.491 e. The van der Waals surface area contributed by atoms with Crippen molar-refractivity contribution in [3.05, 3.63) is 177 Å². The second kappa shape index (κ2) is 24.9. The maximum Gasteiger partial charge on any atom is 0.274 e. The average molecular weight is 967 g/mol. The Morgan fingerprint density at radius 3 is 1.61 bits per heavy atom. The summed E-state index contributed by atoms with van der Waals surface area (Å²) < 4.78 is 10.6. The molecule has 0 radical (unpaired) electrons. The monoisotopic (exact) mass is 964 g/mol. The lowest BCUT2D eigenvalue weighted by Crippen LogP contribution is -2.13. The standard InChI is InChI=1S/2C16H13N3O.C10H13Cl2NO.C8H9Cl2NO/c17-12-6-8-13(9-7-12)18-16(20)15-10-5-11-3-1-2-4-14(11)19-15;17-12-5-7-13(8-6-12)19-16(20)15-10-18-9-11-3-1-2-4-14(11)15;1-2-3-4-14-10-8(11)5-7(13)6-9(10)12;1-2-12-8-6(9)3-5(11)4-7(8)10/h1-10H,17H2,(H,18,20);1-10H,17H2,(H,19,20);5-6H,2-4,13H2,1H3;3-4H,2,11H2,1H3. The second-order valence-electron chi connectivity index (χ2n) is 14.2. The Hall–Kier alpha value is -6.96. The van der Waals surface area contributed by atoms with Crippen molar-refractivity contribution < 1.29 is 19.1 Å². The Bertz CT molecular complexity index is 2830. The van der Waals surface area contributed by atoms with Gasteiger partial charge in [-0.05, 0) is 104 Å². The van der Waals surface area contributed by atoms with Crippen LogP contribution in [0.3, 0.4) is 0 Å². The van der Waals surface area contributed by atoms with E-state index in [0.717, 1.165) is 34.5 Å². The van der Waals surface area contributed by atoms with E-state index in [1.54, 1.807) is 91.3 Å². The van der Waals surface area contributed by atoms with Gasteiger partial charge in [0.1, 0.15) is 5.69 Å². The van der Waals surface area contributed by atoms with E-state index < -0.39 is 0 Å². The van der Waals surface area contributed by atoms with Crippen LogP contribution in [0.25, 0.3) is 21.7 Å². The van der Waals surface area contributed by atoms with Crippen molar-refractivity contribution >= 4 is 114 Å². The highest BCUT2D eigenvalue weighted by Crippen LogP contribution is 2.36. The van der Waals surface area contributed by atoms with Crippen LogP contribution in [0, 0.1) is 0 Å². The molecule has 0 fully saturated rings. The van der Waals surface area contributed by atoms with E-state index in [9.17, 15) is 9.59 Å². The van der Waals surface area contributed by atoms with E-state index in [4.69, 9.17) is 78.8 Å². The van der Waals surface area contributed by atoms with Crippen LogP contribution in [-0.2, 0) is 0 Å². The highest BCUT2D eigenvalue weighted by atomic mass is 35.5. The number of fused-ring (bicyclic) bond motifs is 2. The van der Waals surface area contributed by atoms with Crippen LogP contribution in [0.4, 0.5) is 34.1 Å². The number of anilines is 6. The number of halogens is 4. The second-order valence-corrected chi connectivity index (χ2v) is 15.8. The van der Waals surface area contributed by atoms with E-state index in [1.165, 1.54) is 0 Å². The van der Waals surface area contributed by atoms with Crippen molar-refractivity contribution in [2.75, 3.05) is 46.8 Å². The summed E-state index contributed by atoms with van der Waals surface area (Å²) in [7, 11) is 0. The van der Waals surface area contributed by atoms with Gasteiger partial charge in [0.05, 0.1) is 44.4 Å². The van der Waals surface area contributed by atoms with Crippen molar-refractivity contribution in [2.24, 2.45) is 0 Å². The molecule has 0 aliphatic carbocycles. The van der Waals surface area contributed by atoms with Crippen molar-refractivity contribution in [3.63, 3.8) is 0 Å². The summed E-state index contributed by atoms with van der Waals surface area (Å²) >= 11 is 23.5. The van der Waals surface area contributed by atoms with Crippen LogP contribution in [0.15, 0.2) is 146 Å². The van der Waals surface area contributed by atoms with Gasteiger partial charge in [-0.15, -0.1) is 0 Å². The SMILES string of the molecule is CCCCOc1c(Cl)cc(N)cc1Cl.CCOc1c(Cl)cc(N)cc1Cl.Nc1ccc(NC(=O)c2ccc3ccccc3n2)cc1.Nc1ccc(NC(=O)c2cncc3ccccc23)cc1. The minimum Gasteiger partial charge on any atom is -0.491 e. The fourth-order valence-corrected chi connectivity index (χ4v) is 7.14.